The molecule has 24 nitrogen and oxygen atoms in total. The van der Waals surface area contributed by atoms with Crippen molar-refractivity contribution in [2.45, 2.75) is 0 Å². The van der Waals surface area contributed by atoms with Crippen LogP contribution in [0.1, 0.15) is 104 Å². The first-order valence-corrected chi connectivity index (χ1v) is 42.8. The first-order chi connectivity index (χ1) is 62.9. The summed E-state index contributed by atoms with van der Waals surface area (Å²) in [6.45, 7) is 0. The molecule has 4 aromatic heterocycles. The largest absolute Gasteiger partial charge is 3.00 e. The summed E-state index contributed by atoms with van der Waals surface area (Å²) >= 11 is 110. The average molecular weight is 2650 g/mol. The van der Waals surface area contributed by atoms with E-state index in [0.717, 1.165) is 22.8 Å². The molecule has 0 aliphatic rings. The van der Waals surface area contributed by atoms with Gasteiger partial charge in [0, 0.05) is 219 Å². The maximum atomic E-state index is 10.3. The Morgan fingerprint density at radius 3 is 0.304 bits per heavy atom. The number of carboxylic acid groups (broad SMARTS) is 10. The van der Waals surface area contributed by atoms with Crippen LogP contribution >= 0.6 is 232 Å². The fraction of sp³-hybridized carbons (Fsp3) is 0. The molecule has 14 aromatic rings. The molecule has 14 rings (SSSR count). The molecule has 0 aliphatic carbocycles. The van der Waals surface area contributed by atoms with Crippen LogP contribution in [0.15, 0.2) is 280 Å². The van der Waals surface area contributed by atoms with Gasteiger partial charge in [0.25, 0.3) is 0 Å². The van der Waals surface area contributed by atoms with E-state index in [9.17, 15) is 99.0 Å². The van der Waals surface area contributed by atoms with Crippen LogP contribution in [-0.2, 0) is 33.0 Å². The van der Waals surface area contributed by atoms with Gasteiger partial charge in [0.15, 0.2) is 0 Å². The van der Waals surface area contributed by atoms with Crippen molar-refractivity contribution in [1.29, 1.82) is 0 Å². The van der Waals surface area contributed by atoms with Crippen LogP contribution < -0.4 is 51.1 Å². The molecule has 0 atom stereocenters. The molecule has 2 radical (unpaired) electrons. The number of aromatic nitrogens is 4. The Balaban J connectivity index is 0. The van der Waals surface area contributed by atoms with E-state index in [1.54, 1.807) is 24.8 Å². The van der Waals surface area contributed by atoms with Crippen LogP contribution in [-0.4, -0.2) is 79.6 Å². The summed E-state index contributed by atoms with van der Waals surface area (Å²) in [5.41, 5.74) is 3.54. The molecule has 726 valence electrons. The third-order valence-corrected chi connectivity index (χ3v) is 18.5. The van der Waals surface area contributed by atoms with Crippen LogP contribution in [0.25, 0.3) is 22.8 Å². The summed E-state index contributed by atoms with van der Waals surface area (Å²) in [5.74, 6) is -12.8. The third kappa shape index (κ3) is 56.6. The first kappa shape index (κ1) is 133. The zero-order valence-electron chi connectivity index (χ0n) is 67.4. The van der Waals surface area contributed by atoms with Crippen LogP contribution in [0, 0.1) is 77.2 Å². The predicted molar refractivity (Wildman–Crippen MR) is 503 cm³/mol. The van der Waals surface area contributed by atoms with Crippen molar-refractivity contribution in [2.75, 3.05) is 0 Å². The molecule has 0 amide bonds. The molecular weight excluding hydrogens is 2600 g/mol. The van der Waals surface area contributed by atoms with E-state index in [-0.39, 0.29) is 266 Å². The van der Waals surface area contributed by atoms with Gasteiger partial charge in [-0.15, -0.1) is 0 Å². The minimum Gasteiger partial charge on any atom is -0.545 e. The fourth-order valence-electron chi connectivity index (χ4n) is 8.77. The Bertz CT molecular complexity index is 5070. The van der Waals surface area contributed by atoms with E-state index in [2.05, 4.69) is 19.9 Å². The van der Waals surface area contributed by atoms with Crippen molar-refractivity contribution in [1.82, 2.24) is 19.9 Å². The van der Waals surface area contributed by atoms with E-state index in [4.69, 9.17) is 232 Å². The first-order valence-electron chi connectivity index (χ1n) is 35.3. The zero-order valence-corrected chi connectivity index (χ0v) is 88.7. The average Bonchev–Trinajstić information content (AvgIpc) is 0.901. The number of pyridine rings is 4. The molecule has 0 aliphatic heterocycles. The number of carbonyl (C=O) groups excluding carboxylic acids is 10. The molecule has 0 bridgehead atoms. The number of hydrogen-bond acceptors (Lipinski definition) is 24. The van der Waals surface area contributed by atoms with Gasteiger partial charge in [-0.2, -0.15) is 0 Å². The topological polar surface area (TPSA) is 453 Å². The predicted octanol–water partition coefficient (Wildman–Crippen LogP) is 17.9. The maximum Gasteiger partial charge on any atom is 3.00 e. The Morgan fingerprint density at radius 2 is 0.246 bits per heavy atom. The van der Waals surface area contributed by atoms with Gasteiger partial charge in [0.2, 0.25) is 0 Å². The van der Waals surface area contributed by atoms with Gasteiger partial charge in [-0.05, 0) is 231 Å². The number of rotatable bonds is 12. The van der Waals surface area contributed by atoms with Gasteiger partial charge < -0.3 is 99.0 Å². The molecule has 10 aromatic carbocycles. The SMILES string of the molecule is O=C([O-])c1cc(Cl)cc(Cl)c1.O=C([O-])c1cc(Cl)cc(Cl)c1.O=C([O-])c1cc(Cl)cc(Cl)c1.O=C([O-])c1cc(Cl)cc(Cl)c1.O=C([O-])c1cc(Cl)cc(Cl)c1.O=C([O-])c1cc(Cl)cc(Cl)c1.O=C([O-])c1cc(Cl)cc(Cl)c1.O=C([O-])c1cc(Cl)cc(Cl)c1.O=C([O-])c1cc(Cl)cc(Cl)c1.O=C([O-])c1cc(Cl)cc(Cl)c1.[Ni+2].[Ni+3].[Tb+3].[Tb].c1ccc(-c2ccccn2)nc1.c1ccc(-c2ccccn2)nc1. The van der Waals surface area contributed by atoms with Crippen LogP contribution in [0.4, 0.5) is 0 Å². The normalized spacial score (nSPS) is 9.36. The van der Waals surface area contributed by atoms with Crippen molar-refractivity contribution >= 4 is 292 Å². The molecule has 0 saturated carbocycles. The minimum absolute atomic E-state index is 0. The summed E-state index contributed by atoms with van der Waals surface area (Å²) in [5, 5.41) is 109. The zero-order chi connectivity index (χ0) is 101. The Morgan fingerprint density at radius 1 is 0.167 bits per heavy atom. The molecule has 0 N–H and O–H groups in total. The van der Waals surface area contributed by atoms with E-state index >= 15 is 0 Å². The molecule has 0 fully saturated rings. The monoisotopic (exact) mass is 2640 g/mol. The molecule has 0 saturated heterocycles. The quantitative estimate of drug-likeness (QED) is 0.103. The second-order valence-electron chi connectivity index (χ2n) is 24.3. The van der Waals surface area contributed by atoms with Gasteiger partial charge in [0.1, 0.15) is 0 Å². The van der Waals surface area contributed by atoms with Crippen molar-refractivity contribution in [2.24, 2.45) is 0 Å². The third-order valence-electron chi connectivity index (χ3n) is 14.2. The van der Waals surface area contributed by atoms with Crippen molar-refractivity contribution in [3.8, 4) is 22.8 Å². The van der Waals surface area contributed by atoms with E-state index < -0.39 is 59.7 Å². The second-order valence-corrected chi connectivity index (χ2v) is 33.0. The molecule has 0 spiro atoms. The number of aromatic carboxylic acids is 10. The van der Waals surface area contributed by atoms with E-state index in [1.165, 1.54) is 182 Å². The van der Waals surface area contributed by atoms with Crippen LogP contribution in [0.2, 0.25) is 100 Å². The van der Waals surface area contributed by atoms with Crippen molar-refractivity contribution < 1.29 is 209 Å². The number of carbonyl (C=O) groups is 10. The summed E-state index contributed by atoms with van der Waals surface area (Å²) in [6.07, 6.45) is 7.07. The minimum atomic E-state index is -1.28. The van der Waals surface area contributed by atoms with Gasteiger partial charge in [-0.25, -0.2) is 0 Å². The molecular formula is C90H46Cl20N4Ni2O20Tb2-2. The van der Waals surface area contributed by atoms with Gasteiger partial charge in [-0.1, -0.05) is 256 Å². The van der Waals surface area contributed by atoms with Crippen LogP contribution in [0.5, 0.6) is 0 Å². The Kier molecular flexibility index (Phi) is 67.9. The molecule has 0 unspecified atom stereocenters. The molecule has 138 heavy (non-hydrogen) atoms. The number of nitrogens with zero attached hydrogens (tertiary/aromatic N) is 4. The number of hydrogen-bond donors (Lipinski definition) is 0. The van der Waals surface area contributed by atoms with Gasteiger partial charge in [0.05, 0.1) is 82.5 Å². The maximum absolute atomic E-state index is 10.3. The van der Waals surface area contributed by atoms with Gasteiger partial charge in [-0.3, -0.25) is 19.9 Å². The smallest absolute Gasteiger partial charge is 0.545 e. The van der Waals surface area contributed by atoms with E-state index in [0.29, 0.717) is 0 Å². The van der Waals surface area contributed by atoms with Crippen LogP contribution in [0.3, 0.4) is 0 Å². The fourth-order valence-corrected chi connectivity index (χ4v) is 14.0. The number of carboxylic acids is 10. The molecule has 4 heterocycles. The van der Waals surface area contributed by atoms with Crippen molar-refractivity contribution in [3.05, 3.63) is 436 Å². The Labute approximate surface area is 966 Å². The second kappa shape index (κ2) is 70.5. The van der Waals surface area contributed by atoms with Gasteiger partial charge >= 0.3 is 71.6 Å². The summed E-state index contributed by atoms with van der Waals surface area (Å²) in [7, 11) is 0. The van der Waals surface area contributed by atoms with Crippen molar-refractivity contribution in [3.63, 3.8) is 0 Å². The summed E-state index contributed by atoms with van der Waals surface area (Å²) < 4.78 is 0. The number of benzene rings is 10. The summed E-state index contributed by atoms with van der Waals surface area (Å²) in [4.78, 5) is 120. The Hall–Kier alpha value is -7.14. The van der Waals surface area contributed by atoms with E-state index in [1.807, 2.05) is 72.8 Å². The number of halogens is 20. The summed E-state index contributed by atoms with van der Waals surface area (Å²) in [6, 6.07) is 63.3. The molecule has 48 heteroatoms. The standard InChI is InChI=1S/2C10H8N2.10C7H4Cl2O2.2Ni.2Tb/c2*1-3-7-11-9(5-1)10-6-2-4-8-12-10;10*8-5-1-4(7(10)11)2-6(9)3-5;;;;/h2*1-8H;10*1-3H,(H,10,11);;;;/q;;;;;;;;;;;;+2;+3;;+3/p-10.